The van der Waals surface area contributed by atoms with E-state index in [1.54, 1.807) is 0 Å². The molecule has 1 aromatic carbocycles. The molecule has 3 N–H and O–H groups in total. The number of hydrogen-bond donors (Lipinski definition) is 2. The van der Waals surface area contributed by atoms with Crippen LogP contribution in [0.5, 0.6) is 0 Å². The molecule has 0 unspecified atom stereocenters. The molecule has 1 atom stereocenters. The van der Waals surface area contributed by atoms with Crippen molar-refractivity contribution >= 4 is 31.9 Å². The minimum Gasteiger partial charge on any atom is -0.396 e. The number of nitrogens with two attached hydrogens (primary N) is 1. The van der Waals surface area contributed by atoms with Crippen molar-refractivity contribution in [2.75, 3.05) is 6.61 Å². The molecule has 0 aliphatic carbocycles. The molecule has 0 amide bonds. The van der Waals surface area contributed by atoms with E-state index < -0.39 is 0 Å². The van der Waals surface area contributed by atoms with Crippen molar-refractivity contribution in [2.24, 2.45) is 5.73 Å². The van der Waals surface area contributed by atoms with Gasteiger partial charge in [0.2, 0.25) is 0 Å². The van der Waals surface area contributed by atoms with Crippen LogP contribution in [0.4, 0.5) is 0 Å². The molecule has 4 heteroatoms. The summed E-state index contributed by atoms with van der Waals surface area (Å²) < 4.78 is 1.99. The highest BCUT2D eigenvalue weighted by Crippen LogP contribution is 2.26. The molecule has 0 saturated heterocycles. The molecule has 0 fully saturated rings. The zero-order valence-electron chi connectivity index (χ0n) is 7.00. The number of benzene rings is 1. The monoisotopic (exact) mass is 307 g/mol. The summed E-state index contributed by atoms with van der Waals surface area (Å²) in [6.07, 6.45) is 0.591. The summed E-state index contributed by atoms with van der Waals surface area (Å²) in [6.45, 7) is 0.120. The van der Waals surface area contributed by atoms with Gasteiger partial charge in [-0.2, -0.15) is 0 Å². The van der Waals surface area contributed by atoms with E-state index in [1.165, 1.54) is 0 Å². The second-order valence-electron chi connectivity index (χ2n) is 2.79. The van der Waals surface area contributed by atoms with Gasteiger partial charge in [0.25, 0.3) is 0 Å². The van der Waals surface area contributed by atoms with Crippen LogP contribution in [0.2, 0.25) is 0 Å². The van der Waals surface area contributed by atoms with E-state index in [-0.39, 0.29) is 12.6 Å². The Bertz CT molecular complexity index is 291. The molecule has 2 nitrogen and oxygen atoms in total. The first kappa shape index (κ1) is 11.2. The maximum Gasteiger partial charge on any atom is 0.0449 e. The van der Waals surface area contributed by atoms with Crippen LogP contribution in [0.1, 0.15) is 18.0 Å². The SMILES string of the molecule is N[C@H](CCO)c1ccc(Br)c(Br)c1. The number of aliphatic hydroxyl groups excluding tert-OH is 1. The van der Waals surface area contributed by atoms with Gasteiger partial charge in [-0.3, -0.25) is 0 Å². The lowest BCUT2D eigenvalue weighted by atomic mass is 10.1. The molecule has 0 saturated carbocycles. The van der Waals surface area contributed by atoms with Crippen LogP contribution < -0.4 is 5.73 Å². The van der Waals surface area contributed by atoms with E-state index in [1.807, 2.05) is 18.2 Å². The number of halogens is 2. The highest BCUT2D eigenvalue weighted by molar-refractivity contribution is 9.13. The Balaban J connectivity index is 2.84. The van der Waals surface area contributed by atoms with Crippen molar-refractivity contribution in [2.45, 2.75) is 12.5 Å². The van der Waals surface area contributed by atoms with Gasteiger partial charge in [0, 0.05) is 21.6 Å². The van der Waals surface area contributed by atoms with E-state index in [2.05, 4.69) is 31.9 Å². The molecule has 1 rings (SSSR count). The fraction of sp³-hybridized carbons (Fsp3) is 0.333. The zero-order chi connectivity index (χ0) is 9.84. The van der Waals surface area contributed by atoms with Crippen LogP contribution in [0.25, 0.3) is 0 Å². The maximum atomic E-state index is 8.72. The van der Waals surface area contributed by atoms with Crippen LogP contribution in [0, 0.1) is 0 Å². The van der Waals surface area contributed by atoms with Gasteiger partial charge in [0.05, 0.1) is 0 Å². The molecule has 0 heterocycles. The molecule has 0 aromatic heterocycles. The average molecular weight is 309 g/mol. The summed E-state index contributed by atoms with van der Waals surface area (Å²) in [5, 5.41) is 8.72. The molecule has 0 spiro atoms. The van der Waals surface area contributed by atoms with Crippen molar-refractivity contribution in [3.05, 3.63) is 32.7 Å². The lowest BCUT2D eigenvalue weighted by Gasteiger charge is -2.10. The van der Waals surface area contributed by atoms with E-state index in [9.17, 15) is 0 Å². The van der Waals surface area contributed by atoms with Crippen molar-refractivity contribution in [1.29, 1.82) is 0 Å². The van der Waals surface area contributed by atoms with E-state index in [0.29, 0.717) is 6.42 Å². The number of aliphatic hydroxyl groups is 1. The van der Waals surface area contributed by atoms with Crippen LogP contribution >= 0.6 is 31.9 Å². The average Bonchev–Trinajstić information content (AvgIpc) is 2.10. The summed E-state index contributed by atoms with van der Waals surface area (Å²) in [5.41, 5.74) is 6.86. The molecule has 72 valence electrons. The molecular weight excluding hydrogens is 298 g/mol. The lowest BCUT2D eigenvalue weighted by molar-refractivity contribution is 0.276. The van der Waals surface area contributed by atoms with Gasteiger partial charge in [-0.05, 0) is 56.0 Å². The van der Waals surface area contributed by atoms with Crippen molar-refractivity contribution in [1.82, 2.24) is 0 Å². The van der Waals surface area contributed by atoms with Crippen LogP contribution in [0.3, 0.4) is 0 Å². The molecule has 0 aliphatic heterocycles. The minimum absolute atomic E-state index is 0.0885. The second-order valence-corrected chi connectivity index (χ2v) is 4.50. The topological polar surface area (TPSA) is 46.2 Å². The summed E-state index contributed by atoms with van der Waals surface area (Å²) in [5.74, 6) is 0. The van der Waals surface area contributed by atoms with E-state index in [0.717, 1.165) is 14.5 Å². The zero-order valence-corrected chi connectivity index (χ0v) is 10.2. The first-order valence-electron chi connectivity index (χ1n) is 3.96. The quantitative estimate of drug-likeness (QED) is 0.901. The Kier molecular flexibility index (Phi) is 4.38. The fourth-order valence-corrected chi connectivity index (χ4v) is 1.69. The van der Waals surface area contributed by atoms with Gasteiger partial charge in [0.1, 0.15) is 0 Å². The fourth-order valence-electron chi connectivity index (χ4n) is 1.05. The molecular formula is C9H11Br2NO. The Labute approximate surface area is 94.4 Å². The Hall–Kier alpha value is 0.1000. The Morgan fingerprint density at radius 2 is 2.00 bits per heavy atom. The maximum absolute atomic E-state index is 8.72. The first-order chi connectivity index (χ1) is 6.15. The highest BCUT2D eigenvalue weighted by atomic mass is 79.9. The standard InChI is InChI=1S/C9H11Br2NO/c10-7-2-1-6(5-8(7)11)9(12)3-4-13/h1-2,5,9,13H,3-4,12H2/t9-/m1/s1. The predicted molar refractivity (Wildman–Crippen MR) is 60.5 cm³/mol. The summed E-state index contributed by atoms with van der Waals surface area (Å²) in [7, 11) is 0. The third kappa shape index (κ3) is 3.06. The molecule has 0 aliphatic rings. The summed E-state index contributed by atoms with van der Waals surface area (Å²) in [6, 6.07) is 5.77. The third-order valence-electron chi connectivity index (χ3n) is 1.81. The van der Waals surface area contributed by atoms with Gasteiger partial charge in [0.15, 0.2) is 0 Å². The summed E-state index contributed by atoms with van der Waals surface area (Å²) in [4.78, 5) is 0. The van der Waals surface area contributed by atoms with Gasteiger partial charge < -0.3 is 10.8 Å². The van der Waals surface area contributed by atoms with Crippen LogP contribution in [-0.2, 0) is 0 Å². The molecule has 0 bridgehead atoms. The van der Waals surface area contributed by atoms with Gasteiger partial charge in [-0.25, -0.2) is 0 Å². The van der Waals surface area contributed by atoms with Gasteiger partial charge in [-0.1, -0.05) is 6.07 Å². The smallest absolute Gasteiger partial charge is 0.0449 e. The second kappa shape index (κ2) is 5.10. The molecule has 1 aromatic rings. The lowest BCUT2D eigenvalue weighted by Crippen LogP contribution is -2.11. The molecule has 0 radical (unpaired) electrons. The number of hydrogen-bond acceptors (Lipinski definition) is 2. The first-order valence-corrected chi connectivity index (χ1v) is 5.55. The Morgan fingerprint density at radius 3 is 2.54 bits per heavy atom. The van der Waals surface area contributed by atoms with Gasteiger partial charge in [-0.15, -0.1) is 0 Å². The van der Waals surface area contributed by atoms with Crippen LogP contribution in [0.15, 0.2) is 27.1 Å². The largest absolute Gasteiger partial charge is 0.396 e. The summed E-state index contributed by atoms with van der Waals surface area (Å²) >= 11 is 6.78. The van der Waals surface area contributed by atoms with Crippen molar-refractivity contribution in [3.8, 4) is 0 Å². The normalized spacial score (nSPS) is 12.9. The van der Waals surface area contributed by atoms with E-state index >= 15 is 0 Å². The van der Waals surface area contributed by atoms with Gasteiger partial charge >= 0.3 is 0 Å². The Morgan fingerprint density at radius 1 is 1.31 bits per heavy atom. The van der Waals surface area contributed by atoms with Crippen molar-refractivity contribution in [3.63, 3.8) is 0 Å². The third-order valence-corrected chi connectivity index (χ3v) is 3.69. The predicted octanol–water partition coefficient (Wildman–Crippen LogP) is 2.59. The minimum atomic E-state index is -0.0885. The van der Waals surface area contributed by atoms with Crippen molar-refractivity contribution < 1.29 is 5.11 Å². The van der Waals surface area contributed by atoms with E-state index in [4.69, 9.17) is 10.8 Å². The molecule has 13 heavy (non-hydrogen) atoms. The highest BCUT2D eigenvalue weighted by Gasteiger charge is 2.06. The van der Waals surface area contributed by atoms with Crippen LogP contribution in [-0.4, -0.2) is 11.7 Å². The number of rotatable bonds is 3.